The van der Waals surface area contributed by atoms with Gasteiger partial charge in [0.05, 0.1) is 6.61 Å². The lowest BCUT2D eigenvalue weighted by atomic mass is 10.3. The van der Waals surface area contributed by atoms with E-state index in [1.165, 1.54) is 0 Å². The van der Waals surface area contributed by atoms with Gasteiger partial charge in [0, 0.05) is 18.9 Å². The molecule has 0 aromatic heterocycles. The summed E-state index contributed by atoms with van der Waals surface area (Å²) < 4.78 is 10.2. The molecule has 0 spiro atoms. The second-order valence-electron chi connectivity index (χ2n) is 2.41. The molecule has 0 amide bonds. The average molecular weight is 204 g/mol. The summed E-state index contributed by atoms with van der Waals surface area (Å²) in [6.07, 6.45) is 0. The maximum Gasteiger partial charge on any atom is 0.121 e. The fourth-order valence-corrected chi connectivity index (χ4v) is 0.847. The van der Waals surface area contributed by atoms with Gasteiger partial charge in [0.15, 0.2) is 0 Å². The van der Waals surface area contributed by atoms with Crippen LogP contribution in [-0.2, 0) is 4.74 Å². The molecular formula is C9H14ClNO2. The first-order chi connectivity index (χ1) is 5.83. The predicted octanol–water partition coefficient (Wildman–Crippen LogP) is 1.72. The van der Waals surface area contributed by atoms with Gasteiger partial charge in [-0.05, 0) is 12.1 Å². The zero-order valence-corrected chi connectivity index (χ0v) is 8.34. The third-order valence-electron chi connectivity index (χ3n) is 1.41. The third-order valence-corrected chi connectivity index (χ3v) is 1.41. The summed E-state index contributed by atoms with van der Waals surface area (Å²) >= 11 is 0. The molecule has 13 heavy (non-hydrogen) atoms. The van der Waals surface area contributed by atoms with E-state index in [1.807, 2.05) is 18.2 Å². The first-order valence-corrected chi connectivity index (χ1v) is 3.80. The topological polar surface area (TPSA) is 44.5 Å². The smallest absolute Gasteiger partial charge is 0.121 e. The van der Waals surface area contributed by atoms with Crippen molar-refractivity contribution in [1.29, 1.82) is 0 Å². The van der Waals surface area contributed by atoms with E-state index in [0.29, 0.717) is 18.9 Å². The summed E-state index contributed by atoms with van der Waals surface area (Å²) in [6, 6.07) is 7.34. The van der Waals surface area contributed by atoms with Gasteiger partial charge >= 0.3 is 0 Å². The van der Waals surface area contributed by atoms with Gasteiger partial charge in [-0.15, -0.1) is 12.4 Å². The SMILES string of the molecule is COCCOc1cccc(N)c1.Cl. The monoisotopic (exact) mass is 203 g/mol. The van der Waals surface area contributed by atoms with Crippen molar-refractivity contribution in [3.8, 4) is 5.75 Å². The van der Waals surface area contributed by atoms with Gasteiger partial charge < -0.3 is 15.2 Å². The van der Waals surface area contributed by atoms with Gasteiger partial charge in [-0.25, -0.2) is 0 Å². The first-order valence-electron chi connectivity index (χ1n) is 3.80. The maximum absolute atomic E-state index is 5.55. The summed E-state index contributed by atoms with van der Waals surface area (Å²) in [6.45, 7) is 1.15. The number of anilines is 1. The second-order valence-corrected chi connectivity index (χ2v) is 2.41. The van der Waals surface area contributed by atoms with Gasteiger partial charge in [-0.3, -0.25) is 0 Å². The van der Waals surface area contributed by atoms with Crippen molar-refractivity contribution in [2.75, 3.05) is 26.1 Å². The van der Waals surface area contributed by atoms with Gasteiger partial charge in [-0.2, -0.15) is 0 Å². The van der Waals surface area contributed by atoms with Crippen LogP contribution in [0.25, 0.3) is 0 Å². The third kappa shape index (κ3) is 4.60. The van der Waals surface area contributed by atoms with Crippen LogP contribution in [0.2, 0.25) is 0 Å². The summed E-state index contributed by atoms with van der Waals surface area (Å²) in [5.41, 5.74) is 6.26. The lowest BCUT2D eigenvalue weighted by Gasteiger charge is -2.05. The van der Waals surface area contributed by atoms with Crippen LogP contribution in [0, 0.1) is 0 Å². The van der Waals surface area contributed by atoms with Crippen LogP contribution in [-0.4, -0.2) is 20.3 Å². The lowest BCUT2D eigenvalue weighted by Crippen LogP contribution is -2.04. The van der Waals surface area contributed by atoms with E-state index in [2.05, 4.69) is 0 Å². The number of halogens is 1. The van der Waals surface area contributed by atoms with Gasteiger partial charge in [0.1, 0.15) is 12.4 Å². The minimum atomic E-state index is 0. The van der Waals surface area contributed by atoms with Crippen molar-refractivity contribution in [3.63, 3.8) is 0 Å². The molecule has 4 heteroatoms. The minimum Gasteiger partial charge on any atom is -0.491 e. The van der Waals surface area contributed by atoms with E-state index >= 15 is 0 Å². The molecule has 1 aromatic rings. The Morgan fingerprint density at radius 3 is 2.69 bits per heavy atom. The molecule has 1 aromatic carbocycles. The fraction of sp³-hybridized carbons (Fsp3) is 0.333. The van der Waals surface area contributed by atoms with Gasteiger partial charge in [-0.1, -0.05) is 6.07 Å². The number of nitrogen functional groups attached to an aromatic ring is 1. The molecule has 0 aliphatic carbocycles. The Kier molecular flexibility index (Phi) is 6.10. The summed E-state index contributed by atoms with van der Waals surface area (Å²) in [4.78, 5) is 0. The first kappa shape index (κ1) is 12.1. The molecule has 0 saturated carbocycles. The van der Waals surface area contributed by atoms with E-state index in [4.69, 9.17) is 15.2 Å². The van der Waals surface area contributed by atoms with Crippen molar-refractivity contribution in [2.45, 2.75) is 0 Å². The largest absolute Gasteiger partial charge is 0.491 e. The van der Waals surface area contributed by atoms with Crippen LogP contribution in [0.5, 0.6) is 5.75 Å². The van der Waals surface area contributed by atoms with E-state index < -0.39 is 0 Å². The molecule has 0 heterocycles. The highest BCUT2D eigenvalue weighted by Gasteiger charge is 1.92. The molecule has 0 bridgehead atoms. The van der Waals surface area contributed by atoms with Crippen LogP contribution >= 0.6 is 12.4 Å². The van der Waals surface area contributed by atoms with E-state index in [0.717, 1.165) is 5.75 Å². The zero-order valence-electron chi connectivity index (χ0n) is 7.53. The number of methoxy groups -OCH3 is 1. The van der Waals surface area contributed by atoms with Crippen LogP contribution in [0.3, 0.4) is 0 Å². The molecule has 0 radical (unpaired) electrons. The highest BCUT2D eigenvalue weighted by molar-refractivity contribution is 5.85. The molecule has 0 unspecified atom stereocenters. The van der Waals surface area contributed by atoms with Gasteiger partial charge in [0.2, 0.25) is 0 Å². The van der Waals surface area contributed by atoms with Crippen molar-refractivity contribution < 1.29 is 9.47 Å². The Labute approximate surface area is 84.2 Å². The highest BCUT2D eigenvalue weighted by Crippen LogP contribution is 2.13. The van der Waals surface area contributed by atoms with E-state index in [9.17, 15) is 0 Å². The molecule has 1 rings (SSSR count). The van der Waals surface area contributed by atoms with Crippen LogP contribution < -0.4 is 10.5 Å². The van der Waals surface area contributed by atoms with Crippen LogP contribution in [0.4, 0.5) is 5.69 Å². The molecule has 3 nitrogen and oxygen atoms in total. The Balaban J connectivity index is 0.00000144. The summed E-state index contributed by atoms with van der Waals surface area (Å²) in [5.74, 6) is 0.784. The average Bonchev–Trinajstić information content (AvgIpc) is 2.05. The predicted molar refractivity (Wildman–Crippen MR) is 55.5 cm³/mol. The van der Waals surface area contributed by atoms with Crippen LogP contribution in [0.1, 0.15) is 0 Å². The number of ether oxygens (including phenoxy) is 2. The molecule has 2 N–H and O–H groups in total. The standard InChI is InChI=1S/C9H13NO2.ClH/c1-11-5-6-12-9-4-2-3-8(10)7-9;/h2-4,7H,5-6,10H2,1H3;1H. The molecule has 0 aliphatic rings. The Hall–Kier alpha value is -0.930. The normalized spacial score (nSPS) is 9.00. The Bertz CT molecular complexity index is 243. The number of rotatable bonds is 4. The number of hydrogen-bond acceptors (Lipinski definition) is 3. The molecule has 0 aliphatic heterocycles. The van der Waals surface area contributed by atoms with E-state index in [-0.39, 0.29) is 12.4 Å². The molecular weight excluding hydrogens is 190 g/mol. The summed E-state index contributed by atoms with van der Waals surface area (Å²) in [5, 5.41) is 0. The minimum absolute atomic E-state index is 0. The Morgan fingerprint density at radius 2 is 2.08 bits per heavy atom. The number of nitrogens with two attached hydrogens (primary N) is 1. The molecule has 74 valence electrons. The van der Waals surface area contributed by atoms with Gasteiger partial charge in [0.25, 0.3) is 0 Å². The quantitative estimate of drug-likeness (QED) is 0.599. The van der Waals surface area contributed by atoms with E-state index in [1.54, 1.807) is 13.2 Å². The second kappa shape index (κ2) is 6.57. The van der Waals surface area contributed by atoms with Crippen molar-refractivity contribution in [3.05, 3.63) is 24.3 Å². The summed E-state index contributed by atoms with van der Waals surface area (Å²) in [7, 11) is 1.64. The number of hydrogen-bond donors (Lipinski definition) is 1. The molecule has 0 saturated heterocycles. The van der Waals surface area contributed by atoms with Crippen molar-refractivity contribution in [2.24, 2.45) is 0 Å². The maximum atomic E-state index is 5.55. The van der Waals surface area contributed by atoms with Crippen molar-refractivity contribution in [1.82, 2.24) is 0 Å². The number of benzene rings is 1. The zero-order chi connectivity index (χ0) is 8.81. The lowest BCUT2D eigenvalue weighted by molar-refractivity contribution is 0.146. The van der Waals surface area contributed by atoms with Crippen LogP contribution in [0.15, 0.2) is 24.3 Å². The molecule has 0 atom stereocenters. The highest BCUT2D eigenvalue weighted by atomic mass is 35.5. The van der Waals surface area contributed by atoms with Crippen molar-refractivity contribution >= 4 is 18.1 Å². The Morgan fingerprint density at radius 1 is 1.31 bits per heavy atom. The fourth-order valence-electron chi connectivity index (χ4n) is 0.847. The molecule has 0 fully saturated rings.